The van der Waals surface area contributed by atoms with Crippen LogP contribution in [-0.4, -0.2) is 25.9 Å². The third-order valence-corrected chi connectivity index (χ3v) is 2.27. The van der Waals surface area contributed by atoms with Crippen molar-refractivity contribution in [2.75, 3.05) is 14.2 Å². The molecule has 0 saturated carbocycles. The summed E-state index contributed by atoms with van der Waals surface area (Å²) in [5.74, 6) is 1.32. The molecule has 0 fully saturated rings. The van der Waals surface area contributed by atoms with Gasteiger partial charge in [0.05, 0.1) is 20.8 Å². The highest BCUT2D eigenvalue weighted by Crippen LogP contribution is 2.24. The minimum absolute atomic E-state index is 0.210. The van der Waals surface area contributed by atoms with Gasteiger partial charge in [-0.15, -0.1) is 0 Å². The first-order valence-electron chi connectivity index (χ1n) is 5.97. The summed E-state index contributed by atoms with van der Waals surface area (Å²) >= 11 is 0. The molecule has 1 radical (unpaired) electrons. The number of benzene rings is 1. The van der Waals surface area contributed by atoms with Gasteiger partial charge in [-0.3, -0.25) is 0 Å². The SMILES string of the molecule is COc1ccc(C[N]C(=O)OC(C)(C)C)c(OC)c1. The summed E-state index contributed by atoms with van der Waals surface area (Å²) in [5, 5.41) is 3.86. The number of hydrogen-bond donors (Lipinski definition) is 0. The van der Waals surface area contributed by atoms with Crippen molar-refractivity contribution >= 4 is 6.09 Å². The second-order valence-corrected chi connectivity index (χ2v) is 4.97. The summed E-state index contributed by atoms with van der Waals surface area (Å²) in [6.07, 6.45) is -0.578. The fraction of sp³-hybridized carbons (Fsp3) is 0.500. The lowest BCUT2D eigenvalue weighted by atomic mass is 10.2. The van der Waals surface area contributed by atoms with Crippen molar-refractivity contribution in [3.05, 3.63) is 23.8 Å². The number of rotatable bonds is 4. The minimum atomic E-state index is -0.578. The zero-order chi connectivity index (χ0) is 14.5. The first kappa shape index (κ1) is 15.1. The van der Waals surface area contributed by atoms with E-state index < -0.39 is 11.7 Å². The van der Waals surface area contributed by atoms with Gasteiger partial charge in [0.15, 0.2) is 0 Å². The van der Waals surface area contributed by atoms with Gasteiger partial charge in [-0.2, -0.15) is 0 Å². The van der Waals surface area contributed by atoms with Gasteiger partial charge >= 0.3 is 6.09 Å². The Morgan fingerprint density at radius 1 is 1.21 bits per heavy atom. The van der Waals surface area contributed by atoms with E-state index in [-0.39, 0.29) is 6.54 Å². The van der Waals surface area contributed by atoms with Crippen LogP contribution in [0.25, 0.3) is 0 Å². The number of carbonyl (C=O) groups is 1. The molecule has 0 aliphatic heterocycles. The molecule has 5 heteroatoms. The van der Waals surface area contributed by atoms with E-state index in [2.05, 4.69) is 5.32 Å². The van der Waals surface area contributed by atoms with E-state index in [1.54, 1.807) is 47.1 Å². The molecule has 1 aromatic carbocycles. The van der Waals surface area contributed by atoms with E-state index in [1.807, 2.05) is 6.07 Å². The molecule has 0 heterocycles. The molecule has 0 aliphatic rings. The lowest BCUT2D eigenvalue weighted by Crippen LogP contribution is -2.28. The van der Waals surface area contributed by atoms with Crippen LogP contribution in [0.2, 0.25) is 0 Å². The molecule has 0 aliphatic carbocycles. The normalized spacial score (nSPS) is 10.8. The van der Waals surface area contributed by atoms with Crippen LogP contribution in [0.15, 0.2) is 18.2 Å². The van der Waals surface area contributed by atoms with Crippen LogP contribution < -0.4 is 14.8 Å². The lowest BCUT2D eigenvalue weighted by Gasteiger charge is -2.19. The van der Waals surface area contributed by atoms with Crippen LogP contribution in [0.3, 0.4) is 0 Å². The van der Waals surface area contributed by atoms with Crippen LogP contribution >= 0.6 is 0 Å². The van der Waals surface area contributed by atoms with E-state index in [0.29, 0.717) is 11.5 Å². The number of nitrogens with zero attached hydrogens (tertiary/aromatic N) is 1. The van der Waals surface area contributed by atoms with Crippen molar-refractivity contribution in [2.24, 2.45) is 0 Å². The predicted molar refractivity (Wildman–Crippen MR) is 71.6 cm³/mol. The molecule has 0 spiro atoms. The highest BCUT2D eigenvalue weighted by molar-refractivity contribution is 5.67. The van der Waals surface area contributed by atoms with Crippen LogP contribution in [0.4, 0.5) is 4.79 Å². The van der Waals surface area contributed by atoms with E-state index in [4.69, 9.17) is 14.2 Å². The quantitative estimate of drug-likeness (QED) is 0.840. The topological polar surface area (TPSA) is 58.9 Å². The molecule has 0 atom stereocenters. The third kappa shape index (κ3) is 5.07. The Morgan fingerprint density at radius 3 is 2.42 bits per heavy atom. The molecular formula is C14H20NO4. The third-order valence-electron chi connectivity index (χ3n) is 2.27. The Hall–Kier alpha value is -1.91. The van der Waals surface area contributed by atoms with E-state index in [0.717, 1.165) is 5.56 Å². The zero-order valence-electron chi connectivity index (χ0n) is 12.0. The van der Waals surface area contributed by atoms with Gasteiger partial charge in [-0.05, 0) is 32.9 Å². The van der Waals surface area contributed by atoms with Gasteiger partial charge in [0.2, 0.25) is 0 Å². The molecule has 19 heavy (non-hydrogen) atoms. The fourth-order valence-electron chi connectivity index (χ4n) is 1.43. The maximum Gasteiger partial charge on any atom is 0.429 e. The molecule has 0 bridgehead atoms. The van der Waals surface area contributed by atoms with Gasteiger partial charge < -0.3 is 14.2 Å². The van der Waals surface area contributed by atoms with E-state index in [9.17, 15) is 4.79 Å². The Labute approximate surface area is 113 Å². The van der Waals surface area contributed by atoms with Crippen LogP contribution in [0.1, 0.15) is 26.3 Å². The molecule has 5 nitrogen and oxygen atoms in total. The summed E-state index contributed by atoms with van der Waals surface area (Å²) < 4.78 is 15.4. The predicted octanol–water partition coefficient (Wildman–Crippen LogP) is 2.74. The van der Waals surface area contributed by atoms with Crippen LogP contribution in [0, 0.1) is 0 Å². The van der Waals surface area contributed by atoms with Crippen molar-refractivity contribution in [1.82, 2.24) is 5.32 Å². The Bertz CT molecular complexity index is 438. The number of carbonyl (C=O) groups excluding carboxylic acids is 1. The summed E-state index contributed by atoms with van der Waals surface area (Å²) in [5.41, 5.74) is 0.263. The molecule has 0 saturated heterocycles. The average Bonchev–Trinajstić information content (AvgIpc) is 2.34. The summed E-state index contributed by atoms with van der Waals surface area (Å²) in [6.45, 7) is 5.61. The van der Waals surface area contributed by atoms with Gasteiger partial charge in [-0.1, -0.05) is 0 Å². The van der Waals surface area contributed by atoms with Crippen molar-refractivity contribution in [3.8, 4) is 11.5 Å². The molecule has 0 unspecified atom stereocenters. The van der Waals surface area contributed by atoms with Gasteiger partial charge in [0, 0.05) is 11.6 Å². The molecule has 105 valence electrons. The lowest BCUT2D eigenvalue weighted by molar-refractivity contribution is 0.0516. The molecule has 0 N–H and O–H groups in total. The van der Waals surface area contributed by atoms with Gasteiger partial charge in [0.1, 0.15) is 17.1 Å². The Morgan fingerprint density at radius 2 is 1.89 bits per heavy atom. The number of hydrogen-bond acceptors (Lipinski definition) is 4. The van der Waals surface area contributed by atoms with Gasteiger partial charge in [0.25, 0.3) is 0 Å². The number of methoxy groups -OCH3 is 2. The fourth-order valence-corrected chi connectivity index (χ4v) is 1.43. The standard InChI is InChI=1S/C14H20NO4/c1-14(2,3)19-13(16)15-9-10-6-7-11(17-4)8-12(10)18-5/h6-8H,9H2,1-5H3. The number of ether oxygens (including phenoxy) is 3. The molecular weight excluding hydrogens is 246 g/mol. The highest BCUT2D eigenvalue weighted by Gasteiger charge is 2.17. The van der Waals surface area contributed by atoms with Gasteiger partial charge in [-0.25, -0.2) is 10.1 Å². The zero-order valence-corrected chi connectivity index (χ0v) is 12.0. The Kier molecular flexibility index (Phi) is 5.03. The average molecular weight is 266 g/mol. The summed E-state index contributed by atoms with van der Waals surface area (Å²) in [6, 6.07) is 5.36. The second-order valence-electron chi connectivity index (χ2n) is 4.97. The highest BCUT2D eigenvalue weighted by atomic mass is 16.6. The smallest absolute Gasteiger partial charge is 0.429 e. The minimum Gasteiger partial charge on any atom is -0.497 e. The summed E-state index contributed by atoms with van der Waals surface area (Å²) in [7, 11) is 3.14. The first-order chi connectivity index (χ1) is 8.85. The molecule has 1 aromatic rings. The number of amides is 1. The monoisotopic (exact) mass is 266 g/mol. The summed E-state index contributed by atoms with van der Waals surface area (Å²) in [4.78, 5) is 11.5. The van der Waals surface area contributed by atoms with Crippen LogP contribution in [-0.2, 0) is 11.3 Å². The maximum absolute atomic E-state index is 11.5. The van der Waals surface area contributed by atoms with Crippen molar-refractivity contribution in [3.63, 3.8) is 0 Å². The molecule has 1 rings (SSSR count). The molecule has 0 aromatic heterocycles. The van der Waals surface area contributed by atoms with E-state index >= 15 is 0 Å². The first-order valence-corrected chi connectivity index (χ1v) is 5.97. The van der Waals surface area contributed by atoms with E-state index in [1.165, 1.54) is 0 Å². The molecule has 1 amide bonds. The van der Waals surface area contributed by atoms with Crippen molar-refractivity contribution < 1.29 is 19.0 Å². The maximum atomic E-state index is 11.5. The largest absolute Gasteiger partial charge is 0.497 e. The van der Waals surface area contributed by atoms with Crippen molar-refractivity contribution in [2.45, 2.75) is 32.9 Å². The van der Waals surface area contributed by atoms with Crippen LogP contribution in [0.5, 0.6) is 11.5 Å². The van der Waals surface area contributed by atoms with Crippen molar-refractivity contribution in [1.29, 1.82) is 0 Å². The Balaban J connectivity index is 2.65. The second kappa shape index (κ2) is 6.31.